The largest absolute Gasteiger partial charge is 0.368 e. The third kappa shape index (κ3) is 9.85. The van der Waals surface area contributed by atoms with Crippen molar-refractivity contribution in [1.29, 1.82) is 0 Å². The lowest BCUT2D eigenvalue weighted by Crippen LogP contribution is -2.27. The number of hydrogen-bond donors (Lipinski definition) is 2. The Kier molecular flexibility index (Phi) is 11.4. The molecule has 0 bridgehead atoms. The highest BCUT2D eigenvalue weighted by Crippen LogP contribution is 2.35. The zero-order valence-electron chi connectivity index (χ0n) is 15.8. The first-order valence-corrected chi connectivity index (χ1v) is 11.4. The lowest BCUT2D eigenvalue weighted by Gasteiger charge is -2.11. The second-order valence-electron chi connectivity index (χ2n) is 7.17. The molecule has 0 aliphatic carbocycles. The van der Waals surface area contributed by atoms with Crippen molar-refractivity contribution in [2.24, 2.45) is 0 Å². The van der Waals surface area contributed by atoms with Gasteiger partial charge >= 0.3 is 5.97 Å². The quantitative estimate of drug-likeness (QED) is 0.133. The predicted molar refractivity (Wildman–Crippen MR) is 98.4 cm³/mol. The van der Waals surface area contributed by atoms with Crippen LogP contribution >= 0.6 is 0 Å². The van der Waals surface area contributed by atoms with Crippen LogP contribution in [0.4, 0.5) is 0 Å². The summed E-state index contributed by atoms with van der Waals surface area (Å²) in [6.45, 7) is 2.18. The minimum atomic E-state index is -4.12. The van der Waals surface area contributed by atoms with Crippen LogP contribution in [-0.4, -0.2) is 41.7 Å². The van der Waals surface area contributed by atoms with Crippen molar-refractivity contribution >= 4 is 16.1 Å². The van der Waals surface area contributed by atoms with Gasteiger partial charge in [0.15, 0.2) is 0 Å². The van der Waals surface area contributed by atoms with Crippen LogP contribution in [0.15, 0.2) is 0 Å². The molecule has 0 radical (unpaired) electrons. The van der Waals surface area contributed by atoms with Crippen molar-refractivity contribution in [2.75, 3.05) is 0 Å². The van der Waals surface area contributed by atoms with Crippen molar-refractivity contribution in [3.8, 4) is 0 Å². The molecule has 0 amide bonds. The van der Waals surface area contributed by atoms with Gasteiger partial charge in [-0.05, 0) is 19.3 Å². The molecule has 3 unspecified atom stereocenters. The Bertz CT molecular complexity index is 492. The second kappa shape index (κ2) is 12.6. The fourth-order valence-corrected chi connectivity index (χ4v) is 4.38. The number of epoxide rings is 1. The van der Waals surface area contributed by atoms with Crippen molar-refractivity contribution in [3.05, 3.63) is 0 Å². The Labute approximate surface area is 157 Å². The van der Waals surface area contributed by atoms with Gasteiger partial charge < -0.3 is 9.62 Å². The third-order valence-electron chi connectivity index (χ3n) is 4.93. The van der Waals surface area contributed by atoms with Crippen molar-refractivity contribution < 1.29 is 32.6 Å². The molecule has 1 rings (SSSR count). The van der Waals surface area contributed by atoms with Gasteiger partial charge in [-0.15, -0.1) is 0 Å². The summed E-state index contributed by atoms with van der Waals surface area (Å²) in [5, 5.41) is 7.30. The van der Waals surface area contributed by atoms with Crippen LogP contribution in [-0.2, 0) is 24.5 Å². The lowest BCUT2D eigenvalue weighted by molar-refractivity contribution is -0.234. The maximum Gasteiger partial charge on any atom is 0.342 e. The third-order valence-corrected chi connectivity index (χ3v) is 6.20. The van der Waals surface area contributed by atoms with Crippen LogP contribution in [0, 0.1) is 0 Å². The standard InChI is InChI=1S/C18H34O7S/c1-2-3-4-5-6-9-12-15-18(24-15)16(26(21,22)23)13-10-7-8-11-14-17(19)25-20/h15-16,18,20H,2-14H2,1H3,(H,21,22,23). The molecule has 1 heterocycles. The number of rotatable bonds is 16. The van der Waals surface area contributed by atoms with Gasteiger partial charge in [0.25, 0.3) is 10.1 Å². The fourth-order valence-electron chi connectivity index (χ4n) is 3.34. The summed E-state index contributed by atoms with van der Waals surface area (Å²) in [6.07, 6.45) is 10.7. The molecule has 0 aromatic carbocycles. The summed E-state index contributed by atoms with van der Waals surface area (Å²) in [6, 6.07) is 0. The topological polar surface area (TPSA) is 113 Å². The molecule has 0 aromatic rings. The first-order valence-electron chi connectivity index (χ1n) is 9.86. The zero-order valence-corrected chi connectivity index (χ0v) is 16.6. The number of hydrogen-bond acceptors (Lipinski definition) is 6. The molecule has 1 fully saturated rings. The molecule has 0 saturated carbocycles. The van der Waals surface area contributed by atoms with E-state index in [2.05, 4.69) is 11.8 Å². The van der Waals surface area contributed by atoms with Gasteiger partial charge in [-0.2, -0.15) is 13.7 Å². The fraction of sp³-hybridized carbons (Fsp3) is 0.944. The predicted octanol–water partition coefficient (Wildman–Crippen LogP) is 4.12. The van der Waals surface area contributed by atoms with E-state index < -0.39 is 21.3 Å². The van der Waals surface area contributed by atoms with Crippen molar-refractivity contribution in [2.45, 2.75) is 108 Å². The molecule has 0 aromatic heterocycles. The maximum atomic E-state index is 11.6. The molecule has 154 valence electrons. The molecule has 0 spiro atoms. The van der Waals surface area contributed by atoms with E-state index >= 15 is 0 Å². The van der Waals surface area contributed by atoms with Crippen molar-refractivity contribution in [3.63, 3.8) is 0 Å². The number of ether oxygens (including phenoxy) is 1. The average Bonchev–Trinajstić information content (AvgIpc) is 3.34. The molecular weight excluding hydrogens is 360 g/mol. The van der Waals surface area contributed by atoms with Crippen LogP contribution in [0.25, 0.3) is 0 Å². The van der Waals surface area contributed by atoms with E-state index in [1.54, 1.807) is 0 Å². The summed E-state index contributed by atoms with van der Waals surface area (Å²) >= 11 is 0. The smallest absolute Gasteiger partial charge is 0.342 e. The van der Waals surface area contributed by atoms with Gasteiger partial charge in [-0.3, -0.25) is 4.55 Å². The maximum absolute atomic E-state index is 11.6. The van der Waals surface area contributed by atoms with Gasteiger partial charge in [-0.1, -0.05) is 64.7 Å². The normalized spacial score (nSPS) is 20.7. The Morgan fingerprint density at radius 1 is 1.04 bits per heavy atom. The molecule has 2 N–H and O–H groups in total. The second-order valence-corrected chi connectivity index (χ2v) is 8.80. The van der Waals surface area contributed by atoms with Crippen LogP contribution in [0.3, 0.4) is 0 Å². The van der Waals surface area contributed by atoms with Crippen LogP contribution in [0.1, 0.15) is 90.4 Å². The Morgan fingerprint density at radius 3 is 2.31 bits per heavy atom. The SMILES string of the molecule is CCCCCCCCC1OC1C(CCCCCCC(=O)OO)S(=O)(=O)O. The van der Waals surface area contributed by atoms with Gasteiger partial charge in [0.1, 0.15) is 11.4 Å². The Hall–Kier alpha value is -0.700. The minimum absolute atomic E-state index is 0.0487. The molecule has 1 saturated heterocycles. The molecule has 3 atom stereocenters. The van der Waals surface area contributed by atoms with E-state index in [9.17, 15) is 17.8 Å². The Morgan fingerprint density at radius 2 is 1.65 bits per heavy atom. The summed E-state index contributed by atoms with van der Waals surface area (Å²) < 4.78 is 38.3. The summed E-state index contributed by atoms with van der Waals surface area (Å²) in [7, 11) is -4.12. The van der Waals surface area contributed by atoms with Crippen molar-refractivity contribution in [1.82, 2.24) is 0 Å². The lowest BCUT2D eigenvalue weighted by atomic mass is 10.0. The monoisotopic (exact) mass is 394 g/mol. The van der Waals surface area contributed by atoms with E-state index in [1.807, 2.05) is 0 Å². The zero-order chi connectivity index (χ0) is 19.4. The summed E-state index contributed by atoms with van der Waals surface area (Å²) in [5.74, 6) is -0.662. The van der Waals surface area contributed by atoms with E-state index in [0.717, 1.165) is 32.1 Å². The summed E-state index contributed by atoms with van der Waals surface area (Å²) in [4.78, 5) is 14.4. The number of unbranched alkanes of at least 4 members (excludes halogenated alkanes) is 8. The van der Waals surface area contributed by atoms with Gasteiger partial charge in [0.2, 0.25) is 0 Å². The molecule has 8 heteroatoms. The molecular formula is C18H34O7S. The Balaban J connectivity index is 2.20. The molecule has 1 aliphatic heterocycles. The van der Waals surface area contributed by atoms with E-state index in [0.29, 0.717) is 19.3 Å². The number of carbonyl (C=O) groups is 1. The highest BCUT2D eigenvalue weighted by atomic mass is 32.2. The van der Waals surface area contributed by atoms with Gasteiger partial charge in [0.05, 0.1) is 6.10 Å². The first-order chi connectivity index (χ1) is 12.4. The molecule has 7 nitrogen and oxygen atoms in total. The highest BCUT2D eigenvalue weighted by Gasteiger charge is 2.48. The van der Waals surface area contributed by atoms with Gasteiger partial charge in [0, 0.05) is 6.42 Å². The highest BCUT2D eigenvalue weighted by molar-refractivity contribution is 7.86. The summed E-state index contributed by atoms with van der Waals surface area (Å²) in [5.41, 5.74) is 0. The number of carbonyl (C=O) groups excluding carboxylic acids is 1. The minimum Gasteiger partial charge on any atom is -0.368 e. The van der Waals surface area contributed by atoms with Gasteiger partial charge in [-0.25, -0.2) is 4.79 Å². The van der Waals surface area contributed by atoms with E-state index in [-0.39, 0.29) is 18.6 Å². The molecule has 26 heavy (non-hydrogen) atoms. The van der Waals surface area contributed by atoms with Crippen LogP contribution in [0.5, 0.6) is 0 Å². The van der Waals surface area contributed by atoms with Crippen LogP contribution in [0.2, 0.25) is 0 Å². The van der Waals surface area contributed by atoms with E-state index in [1.165, 1.54) is 25.7 Å². The first kappa shape index (κ1) is 23.3. The average molecular weight is 395 g/mol. The van der Waals surface area contributed by atoms with Crippen LogP contribution < -0.4 is 0 Å². The molecule has 1 aliphatic rings. The van der Waals surface area contributed by atoms with E-state index in [4.69, 9.17) is 9.99 Å².